The number of carboxylic acids is 1. The number of ether oxygens (including phenoxy) is 2. The molecule has 0 unspecified atom stereocenters. The van der Waals surface area contributed by atoms with E-state index in [1.54, 1.807) is 4.90 Å². The van der Waals surface area contributed by atoms with Crippen LogP contribution in [0.2, 0.25) is 0 Å². The predicted molar refractivity (Wildman–Crippen MR) is 140 cm³/mol. The van der Waals surface area contributed by atoms with E-state index in [1.807, 2.05) is 49.4 Å². The SMILES string of the molecule is COC(=O)N1c2ccc3c(nc(C[C@@H](C(=O)O)c4ccccc4)n3CCN3CCOCC3)c2CC[C@@H]1C. The van der Waals surface area contributed by atoms with Crippen LogP contribution in [0, 0.1) is 0 Å². The number of hydrogen-bond acceptors (Lipinski definition) is 6. The third-order valence-electron chi connectivity index (χ3n) is 7.59. The van der Waals surface area contributed by atoms with Crippen LogP contribution < -0.4 is 4.90 Å². The Morgan fingerprint density at radius 1 is 1.14 bits per heavy atom. The van der Waals surface area contributed by atoms with Gasteiger partial charge in [0, 0.05) is 44.2 Å². The van der Waals surface area contributed by atoms with Crippen molar-refractivity contribution in [1.82, 2.24) is 14.5 Å². The lowest BCUT2D eigenvalue weighted by molar-refractivity contribution is -0.138. The Kier molecular flexibility index (Phi) is 7.43. The summed E-state index contributed by atoms with van der Waals surface area (Å²) in [4.78, 5) is 34.1. The van der Waals surface area contributed by atoms with E-state index in [1.165, 1.54) is 7.11 Å². The summed E-state index contributed by atoms with van der Waals surface area (Å²) in [5.74, 6) is -0.829. The van der Waals surface area contributed by atoms with Gasteiger partial charge in [0.2, 0.25) is 0 Å². The highest BCUT2D eigenvalue weighted by molar-refractivity contribution is 5.95. The number of rotatable bonds is 7. The number of morpholine rings is 1. The fraction of sp³-hybridized carbons (Fsp3) is 0.464. The molecule has 5 rings (SSSR count). The van der Waals surface area contributed by atoms with Crippen LogP contribution in [0.1, 0.15) is 36.2 Å². The summed E-state index contributed by atoms with van der Waals surface area (Å²) in [6.07, 6.45) is 1.50. The van der Waals surface area contributed by atoms with Crippen molar-refractivity contribution in [3.05, 3.63) is 59.4 Å². The number of nitrogens with zero attached hydrogens (tertiary/aromatic N) is 4. The van der Waals surface area contributed by atoms with Gasteiger partial charge in [-0.05, 0) is 37.5 Å². The highest BCUT2D eigenvalue weighted by atomic mass is 16.5. The first-order valence-electron chi connectivity index (χ1n) is 12.9. The molecule has 1 N–H and O–H groups in total. The first kappa shape index (κ1) is 25.2. The summed E-state index contributed by atoms with van der Waals surface area (Å²) in [7, 11) is 1.40. The number of methoxy groups -OCH3 is 1. The van der Waals surface area contributed by atoms with Crippen LogP contribution in [0.3, 0.4) is 0 Å². The molecule has 2 atom stereocenters. The molecule has 9 nitrogen and oxygen atoms in total. The molecule has 2 aliphatic rings. The average molecular weight is 507 g/mol. The molecular formula is C28H34N4O5. The van der Waals surface area contributed by atoms with E-state index in [2.05, 4.69) is 9.47 Å². The van der Waals surface area contributed by atoms with Crippen molar-refractivity contribution >= 4 is 28.8 Å². The van der Waals surface area contributed by atoms with E-state index in [0.29, 0.717) is 6.54 Å². The fourth-order valence-electron chi connectivity index (χ4n) is 5.54. The summed E-state index contributed by atoms with van der Waals surface area (Å²) < 4.78 is 12.7. The molecule has 2 aromatic carbocycles. The molecule has 0 radical (unpaired) electrons. The van der Waals surface area contributed by atoms with Crippen LogP contribution in [-0.2, 0) is 33.7 Å². The van der Waals surface area contributed by atoms with Gasteiger partial charge in [0.05, 0.1) is 43.0 Å². The molecule has 0 saturated carbocycles. The standard InChI is InChI=1S/C28H34N4O5/c1-19-8-9-21-23(32(19)28(35)36-2)10-11-24-26(21)29-25(31(24)13-12-30-14-16-37-17-15-30)18-22(27(33)34)20-6-4-3-5-7-20/h3-7,10-11,19,22H,8-9,12-18H2,1-2H3,(H,33,34)/t19-,22+/m0/s1. The van der Waals surface area contributed by atoms with Crippen LogP contribution in [0.15, 0.2) is 42.5 Å². The molecule has 196 valence electrons. The zero-order chi connectivity index (χ0) is 25.9. The quantitative estimate of drug-likeness (QED) is 0.522. The molecular weight excluding hydrogens is 472 g/mol. The summed E-state index contributed by atoms with van der Waals surface area (Å²) >= 11 is 0. The minimum atomic E-state index is -0.870. The zero-order valence-electron chi connectivity index (χ0n) is 21.4. The van der Waals surface area contributed by atoms with Crippen molar-refractivity contribution in [1.29, 1.82) is 0 Å². The highest BCUT2D eigenvalue weighted by Crippen LogP contribution is 2.37. The molecule has 0 aliphatic carbocycles. The third kappa shape index (κ3) is 5.06. The molecule has 37 heavy (non-hydrogen) atoms. The minimum absolute atomic E-state index is 0.0229. The summed E-state index contributed by atoms with van der Waals surface area (Å²) in [5, 5.41) is 10.1. The maximum atomic E-state index is 12.6. The van der Waals surface area contributed by atoms with Gasteiger partial charge in [0.15, 0.2) is 0 Å². The second-order valence-corrected chi connectivity index (χ2v) is 9.80. The van der Waals surface area contributed by atoms with Crippen LogP contribution in [0.4, 0.5) is 10.5 Å². The topological polar surface area (TPSA) is 97.1 Å². The number of aryl methyl sites for hydroxylation is 1. The first-order valence-corrected chi connectivity index (χ1v) is 12.9. The molecule has 9 heteroatoms. The van der Waals surface area contributed by atoms with Gasteiger partial charge in [-0.2, -0.15) is 0 Å². The lowest BCUT2D eigenvalue weighted by Gasteiger charge is -2.34. The number of benzene rings is 2. The smallest absolute Gasteiger partial charge is 0.414 e. The van der Waals surface area contributed by atoms with E-state index < -0.39 is 11.9 Å². The Morgan fingerprint density at radius 3 is 2.59 bits per heavy atom. The van der Waals surface area contributed by atoms with Gasteiger partial charge in [0.25, 0.3) is 0 Å². The summed E-state index contributed by atoms with van der Waals surface area (Å²) in [6.45, 7) is 6.75. The maximum Gasteiger partial charge on any atom is 0.414 e. The average Bonchev–Trinajstić information content (AvgIpc) is 3.28. The summed E-state index contributed by atoms with van der Waals surface area (Å²) in [6, 6.07) is 13.4. The largest absolute Gasteiger partial charge is 0.481 e. The lowest BCUT2D eigenvalue weighted by Crippen LogP contribution is -2.42. The Morgan fingerprint density at radius 2 is 1.89 bits per heavy atom. The van der Waals surface area contributed by atoms with E-state index in [0.717, 1.165) is 79.4 Å². The van der Waals surface area contributed by atoms with Gasteiger partial charge in [-0.25, -0.2) is 9.78 Å². The molecule has 2 aliphatic heterocycles. The van der Waals surface area contributed by atoms with Gasteiger partial charge in [-0.1, -0.05) is 30.3 Å². The number of aliphatic carboxylic acids is 1. The number of imidazole rings is 1. The second kappa shape index (κ2) is 10.9. The van der Waals surface area contributed by atoms with E-state index in [9.17, 15) is 14.7 Å². The third-order valence-corrected chi connectivity index (χ3v) is 7.59. The Labute approximate surface area is 216 Å². The molecule has 1 amide bonds. The van der Waals surface area contributed by atoms with Crippen molar-refractivity contribution in [3.8, 4) is 0 Å². The number of aromatic nitrogens is 2. The highest BCUT2D eigenvalue weighted by Gasteiger charge is 2.32. The normalized spacial score (nSPS) is 19.0. The van der Waals surface area contributed by atoms with E-state index >= 15 is 0 Å². The van der Waals surface area contributed by atoms with E-state index in [-0.39, 0.29) is 18.6 Å². The van der Waals surface area contributed by atoms with Crippen LogP contribution in [0.5, 0.6) is 0 Å². The molecule has 3 aromatic rings. The Hall–Kier alpha value is -3.43. The number of carbonyl (C=O) groups excluding carboxylic acids is 1. The first-order chi connectivity index (χ1) is 18.0. The number of anilines is 1. The number of carboxylic acid groups (broad SMARTS) is 1. The molecule has 1 aromatic heterocycles. The molecule has 0 spiro atoms. The van der Waals surface area contributed by atoms with Crippen molar-refractivity contribution < 1.29 is 24.2 Å². The lowest BCUT2D eigenvalue weighted by atomic mass is 9.95. The molecule has 1 fully saturated rings. The van der Waals surface area contributed by atoms with Gasteiger partial charge in [-0.15, -0.1) is 0 Å². The van der Waals surface area contributed by atoms with E-state index in [4.69, 9.17) is 14.5 Å². The number of fused-ring (bicyclic) bond motifs is 3. The van der Waals surface area contributed by atoms with Crippen molar-refractivity contribution in [2.24, 2.45) is 0 Å². The van der Waals surface area contributed by atoms with Gasteiger partial charge in [0.1, 0.15) is 5.82 Å². The van der Waals surface area contributed by atoms with Gasteiger partial charge >= 0.3 is 12.1 Å². The monoisotopic (exact) mass is 506 g/mol. The molecule has 0 bridgehead atoms. The molecule has 3 heterocycles. The van der Waals surface area contributed by atoms with Crippen LogP contribution >= 0.6 is 0 Å². The number of hydrogen-bond donors (Lipinski definition) is 1. The number of carbonyl (C=O) groups is 2. The van der Waals surface area contributed by atoms with Crippen molar-refractivity contribution in [2.45, 2.75) is 44.7 Å². The van der Waals surface area contributed by atoms with Gasteiger partial charge < -0.3 is 19.1 Å². The predicted octanol–water partition coefficient (Wildman–Crippen LogP) is 3.69. The van der Waals surface area contributed by atoms with Gasteiger partial charge in [-0.3, -0.25) is 14.6 Å². The minimum Gasteiger partial charge on any atom is -0.481 e. The van der Waals surface area contributed by atoms with Crippen molar-refractivity contribution in [3.63, 3.8) is 0 Å². The number of amides is 1. The van der Waals surface area contributed by atoms with Crippen LogP contribution in [0.25, 0.3) is 11.0 Å². The Bertz CT molecular complexity index is 1270. The summed E-state index contributed by atoms with van der Waals surface area (Å²) in [5.41, 5.74) is 4.40. The second-order valence-electron chi connectivity index (χ2n) is 9.80. The van der Waals surface area contributed by atoms with Crippen molar-refractivity contribution in [2.75, 3.05) is 44.9 Å². The Balaban J connectivity index is 1.57. The maximum absolute atomic E-state index is 12.6. The fourth-order valence-corrected chi connectivity index (χ4v) is 5.54. The molecule has 1 saturated heterocycles. The zero-order valence-corrected chi connectivity index (χ0v) is 21.4. The van der Waals surface area contributed by atoms with Crippen LogP contribution in [-0.4, -0.2) is 77.6 Å².